The second kappa shape index (κ2) is 5.57. The van der Waals surface area contributed by atoms with Gasteiger partial charge in [-0.25, -0.2) is 0 Å². The molecule has 0 aliphatic carbocycles. The highest BCUT2D eigenvalue weighted by Crippen LogP contribution is 2.32. The van der Waals surface area contributed by atoms with Crippen LogP contribution < -0.4 is 0 Å². The van der Waals surface area contributed by atoms with Crippen molar-refractivity contribution in [2.24, 2.45) is 0 Å². The summed E-state index contributed by atoms with van der Waals surface area (Å²) in [5.74, 6) is -0.969. The molecule has 6 heteroatoms. The van der Waals surface area contributed by atoms with E-state index in [4.69, 9.17) is 0 Å². The minimum absolute atomic E-state index is 0.0169. The number of halogens is 3. The number of carbonyl (C=O) groups is 1. The summed E-state index contributed by atoms with van der Waals surface area (Å²) < 4.78 is 41.3. The fourth-order valence-corrected chi connectivity index (χ4v) is 1.23. The highest BCUT2D eigenvalue weighted by molar-refractivity contribution is 5.73. The molecule has 0 heterocycles. The Morgan fingerprint density at radius 2 is 2.11 bits per heavy atom. The van der Waals surface area contributed by atoms with Crippen LogP contribution in [0.15, 0.2) is 24.3 Å². The summed E-state index contributed by atoms with van der Waals surface area (Å²) in [6.07, 6.45) is -1.76. The van der Waals surface area contributed by atoms with Crippen LogP contribution in [0.3, 0.4) is 0 Å². The molecule has 0 aliphatic heterocycles. The third kappa shape index (κ3) is 3.80. The van der Waals surface area contributed by atoms with Crippen molar-refractivity contribution in [2.75, 3.05) is 7.11 Å². The van der Waals surface area contributed by atoms with Gasteiger partial charge in [0.2, 0.25) is 0 Å². The minimum atomic E-state index is -4.49. The number of phenolic OH excluding ortho intramolecular Hbond substituents is 1. The van der Waals surface area contributed by atoms with Crippen LogP contribution in [-0.4, -0.2) is 18.2 Å². The third-order valence-electron chi connectivity index (χ3n) is 2.17. The van der Waals surface area contributed by atoms with Crippen molar-refractivity contribution in [1.82, 2.24) is 0 Å². The molecule has 3 nitrogen and oxygen atoms in total. The predicted molar refractivity (Wildman–Crippen MR) is 58.8 cm³/mol. The van der Waals surface area contributed by atoms with Crippen LogP contribution in [0.4, 0.5) is 13.2 Å². The quantitative estimate of drug-likeness (QED) is 0.850. The number of benzene rings is 1. The lowest BCUT2D eigenvalue weighted by molar-refractivity contribution is -0.139. The number of alkyl halides is 3. The largest absolute Gasteiger partial charge is 0.507 e. The van der Waals surface area contributed by atoms with Gasteiger partial charge in [0.15, 0.2) is 0 Å². The number of ether oxygens (including phenoxy) is 1. The van der Waals surface area contributed by atoms with Crippen LogP contribution in [0.25, 0.3) is 6.08 Å². The normalized spacial score (nSPS) is 11.8. The second-order valence-electron chi connectivity index (χ2n) is 3.45. The maximum Gasteiger partial charge on any atom is 0.416 e. The van der Waals surface area contributed by atoms with Gasteiger partial charge < -0.3 is 9.84 Å². The number of rotatable bonds is 3. The van der Waals surface area contributed by atoms with E-state index in [9.17, 15) is 23.1 Å². The molecule has 1 rings (SSSR count). The Morgan fingerprint density at radius 1 is 1.44 bits per heavy atom. The molecular formula is C12H11F3O3. The molecule has 0 aliphatic rings. The molecular weight excluding hydrogens is 249 g/mol. The van der Waals surface area contributed by atoms with Gasteiger partial charge in [-0.1, -0.05) is 18.2 Å². The van der Waals surface area contributed by atoms with Gasteiger partial charge in [0, 0.05) is 5.56 Å². The Balaban J connectivity index is 2.84. The van der Waals surface area contributed by atoms with Crippen LogP contribution in [0, 0.1) is 0 Å². The van der Waals surface area contributed by atoms with Gasteiger partial charge in [-0.05, 0) is 12.1 Å². The summed E-state index contributed by atoms with van der Waals surface area (Å²) in [6, 6.07) is 2.63. The zero-order valence-corrected chi connectivity index (χ0v) is 9.49. The van der Waals surface area contributed by atoms with Crippen LogP contribution in [-0.2, 0) is 15.7 Å². The van der Waals surface area contributed by atoms with E-state index >= 15 is 0 Å². The number of hydrogen-bond donors (Lipinski definition) is 1. The summed E-state index contributed by atoms with van der Waals surface area (Å²) in [5, 5.41) is 9.41. The number of methoxy groups -OCH3 is 1. The molecule has 18 heavy (non-hydrogen) atoms. The van der Waals surface area contributed by atoms with Gasteiger partial charge in [-0.2, -0.15) is 13.2 Å². The van der Waals surface area contributed by atoms with E-state index in [2.05, 4.69) is 4.74 Å². The fraction of sp³-hybridized carbons (Fsp3) is 0.250. The Labute approximate surface area is 101 Å². The fourth-order valence-electron chi connectivity index (χ4n) is 1.23. The molecule has 0 atom stereocenters. The Bertz CT molecular complexity index is 464. The number of esters is 1. The van der Waals surface area contributed by atoms with Crippen molar-refractivity contribution in [3.63, 3.8) is 0 Å². The summed E-state index contributed by atoms with van der Waals surface area (Å²) in [4.78, 5) is 10.8. The lowest BCUT2D eigenvalue weighted by Crippen LogP contribution is -2.04. The molecule has 0 bridgehead atoms. The van der Waals surface area contributed by atoms with Crippen molar-refractivity contribution in [3.8, 4) is 5.75 Å². The van der Waals surface area contributed by atoms with E-state index in [1.54, 1.807) is 0 Å². The van der Waals surface area contributed by atoms with Gasteiger partial charge in [0.05, 0.1) is 19.1 Å². The van der Waals surface area contributed by atoms with Gasteiger partial charge >= 0.3 is 12.1 Å². The number of carbonyl (C=O) groups excluding carboxylic acids is 1. The first-order chi connectivity index (χ1) is 8.34. The molecule has 0 saturated carbocycles. The Hall–Kier alpha value is -1.98. The van der Waals surface area contributed by atoms with E-state index in [1.165, 1.54) is 19.3 Å². The molecule has 0 radical (unpaired) electrons. The van der Waals surface area contributed by atoms with Crippen molar-refractivity contribution in [3.05, 3.63) is 35.4 Å². The maximum atomic E-state index is 12.3. The van der Waals surface area contributed by atoms with Crippen LogP contribution in [0.1, 0.15) is 17.5 Å². The van der Waals surface area contributed by atoms with Crippen LogP contribution in [0.5, 0.6) is 5.75 Å². The van der Waals surface area contributed by atoms with Crippen LogP contribution >= 0.6 is 0 Å². The Morgan fingerprint density at radius 3 is 2.61 bits per heavy atom. The van der Waals surface area contributed by atoms with Crippen molar-refractivity contribution in [1.29, 1.82) is 0 Å². The lowest BCUT2D eigenvalue weighted by Gasteiger charge is -2.07. The monoisotopic (exact) mass is 260 g/mol. The summed E-state index contributed by atoms with van der Waals surface area (Å²) in [5.41, 5.74) is -0.725. The molecule has 0 aromatic heterocycles. The van der Waals surface area contributed by atoms with Crippen molar-refractivity contribution in [2.45, 2.75) is 12.6 Å². The second-order valence-corrected chi connectivity index (χ2v) is 3.45. The molecule has 0 fully saturated rings. The number of aromatic hydroxyl groups is 1. The smallest absolute Gasteiger partial charge is 0.416 e. The zero-order chi connectivity index (χ0) is 13.8. The van der Waals surface area contributed by atoms with E-state index in [1.807, 2.05) is 0 Å². The molecule has 0 saturated heterocycles. The average Bonchev–Trinajstić information content (AvgIpc) is 2.29. The molecule has 1 N–H and O–H groups in total. The standard InChI is InChI=1S/C12H11F3O3/c1-18-11(17)4-2-3-8-5-6-9(7-10(8)16)12(13,14)15/h2-3,5-7,16H,4H2,1H3. The molecule has 0 unspecified atom stereocenters. The van der Waals surface area contributed by atoms with E-state index in [0.29, 0.717) is 6.07 Å². The highest BCUT2D eigenvalue weighted by atomic mass is 19.4. The first kappa shape index (κ1) is 14.1. The van der Waals surface area contributed by atoms with Gasteiger partial charge in [0.25, 0.3) is 0 Å². The Kier molecular flexibility index (Phi) is 4.36. The van der Waals surface area contributed by atoms with Crippen molar-refractivity contribution < 1.29 is 27.8 Å². The van der Waals surface area contributed by atoms with E-state index in [-0.39, 0.29) is 12.0 Å². The van der Waals surface area contributed by atoms with Gasteiger partial charge in [-0.3, -0.25) is 4.79 Å². The first-order valence-corrected chi connectivity index (χ1v) is 4.98. The third-order valence-corrected chi connectivity index (χ3v) is 2.17. The maximum absolute atomic E-state index is 12.3. The number of hydrogen-bond acceptors (Lipinski definition) is 3. The molecule has 1 aromatic rings. The lowest BCUT2D eigenvalue weighted by atomic mass is 10.1. The minimum Gasteiger partial charge on any atom is -0.507 e. The first-order valence-electron chi connectivity index (χ1n) is 4.98. The molecule has 98 valence electrons. The summed E-state index contributed by atoms with van der Waals surface area (Å²) in [7, 11) is 1.23. The van der Waals surface area contributed by atoms with E-state index < -0.39 is 23.5 Å². The highest BCUT2D eigenvalue weighted by Gasteiger charge is 2.30. The van der Waals surface area contributed by atoms with Crippen LogP contribution in [0.2, 0.25) is 0 Å². The van der Waals surface area contributed by atoms with Crippen molar-refractivity contribution >= 4 is 12.0 Å². The van der Waals surface area contributed by atoms with Gasteiger partial charge in [0.1, 0.15) is 5.75 Å². The van der Waals surface area contributed by atoms with E-state index in [0.717, 1.165) is 12.1 Å². The van der Waals surface area contributed by atoms with Gasteiger partial charge in [-0.15, -0.1) is 0 Å². The summed E-state index contributed by atoms with van der Waals surface area (Å²) >= 11 is 0. The molecule has 0 spiro atoms. The SMILES string of the molecule is COC(=O)CC=Cc1ccc(C(F)(F)F)cc1O. The molecule has 1 aromatic carbocycles. The number of phenols is 1. The topological polar surface area (TPSA) is 46.5 Å². The predicted octanol–water partition coefficient (Wildman–Crippen LogP) is 2.99. The summed E-state index contributed by atoms with van der Waals surface area (Å²) in [6.45, 7) is 0. The molecule has 0 amide bonds. The average molecular weight is 260 g/mol. The zero-order valence-electron chi connectivity index (χ0n) is 9.49.